The lowest BCUT2D eigenvalue weighted by molar-refractivity contribution is 0.0950. The number of nitrogens with one attached hydrogen (secondary N) is 1. The number of hydrogen-bond acceptors (Lipinski definition) is 4. The Kier molecular flexibility index (Phi) is 4.75. The lowest BCUT2D eigenvalue weighted by Gasteiger charge is -2.19. The number of amides is 3. The van der Waals surface area contributed by atoms with E-state index in [1.54, 1.807) is 23.2 Å². The minimum absolute atomic E-state index is 0.0476. The van der Waals surface area contributed by atoms with Crippen molar-refractivity contribution in [1.29, 1.82) is 0 Å². The summed E-state index contributed by atoms with van der Waals surface area (Å²) in [4.78, 5) is 37.0. The minimum atomic E-state index is -0.169. The fourth-order valence-electron chi connectivity index (χ4n) is 3.27. The smallest absolute Gasteiger partial charge is 0.325 e. The molecule has 0 unspecified atom stereocenters. The Labute approximate surface area is 158 Å². The zero-order valence-corrected chi connectivity index (χ0v) is 15.4. The van der Waals surface area contributed by atoms with Gasteiger partial charge in [0, 0.05) is 44.3 Å². The van der Waals surface area contributed by atoms with Gasteiger partial charge in [0.1, 0.15) is 5.82 Å². The summed E-state index contributed by atoms with van der Waals surface area (Å²) in [6, 6.07) is 7.29. The molecule has 1 N–H and O–H groups in total. The number of hydrogen-bond donors (Lipinski definition) is 1. The highest BCUT2D eigenvalue weighted by atomic mass is 16.2. The second kappa shape index (κ2) is 7.34. The summed E-state index contributed by atoms with van der Waals surface area (Å²) in [6.45, 7) is 4.59. The van der Waals surface area contributed by atoms with Gasteiger partial charge in [-0.05, 0) is 49.4 Å². The summed E-state index contributed by atoms with van der Waals surface area (Å²) in [5.74, 6) is 1.20. The van der Waals surface area contributed by atoms with Crippen LogP contribution < -0.4 is 10.2 Å². The first kappa shape index (κ1) is 17.5. The first-order valence-corrected chi connectivity index (χ1v) is 9.33. The first-order valence-electron chi connectivity index (χ1n) is 9.33. The van der Waals surface area contributed by atoms with Crippen LogP contribution in [-0.2, 0) is 6.54 Å². The Bertz CT molecular complexity index is 851. The molecule has 4 rings (SSSR count). The third-order valence-electron chi connectivity index (χ3n) is 5.09. The zero-order valence-electron chi connectivity index (χ0n) is 15.4. The molecule has 140 valence electrons. The Morgan fingerprint density at radius 1 is 1.26 bits per heavy atom. The van der Waals surface area contributed by atoms with Crippen LogP contribution in [0.5, 0.6) is 0 Å². The molecule has 1 saturated heterocycles. The van der Waals surface area contributed by atoms with Crippen LogP contribution in [0.25, 0.3) is 0 Å². The molecule has 0 spiro atoms. The van der Waals surface area contributed by atoms with Crippen molar-refractivity contribution in [3.63, 3.8) is 0 Å². The van der Waals surface area contributed by atoms with Gasteiger partial charge in [-0.25, -0.2) is 9.78 Å². The van der Waals surface area contributed by atoms with Crippen molar-refractivity contribution in [3.8, 4) is 0 Å². The van der Waals surface area contributed by atoms with Crippen molar-refractivity contribution in [2.45, 2.75) is 26.3 Å². The van der Waals surface area contributed by atoms with Gasteiger partial charge in [0.05, 0.1) is 5.56 Å². The van der Waals surface area contributed by atoms with Crippen molar-refractivity contribution >= 4 is 17.8 Å². The number of carbonyl (C=O) groups excluding carboxylic acids is 2. The molecule has 0 radical (unpaired) electrons. The molecule has 0 atom stereocenters. The number of nitrogens with zero attached hydrogens (tertiary/aromatic N) is 4. The number of pyridine rings is 2. The van der Waals surface area contributed by atoms with E-state index >= 15 is 0 Å². The van der Waals surface area contributed by atoms with Gasteiger partial charge in [-0.3, -0.25) is 14.7 Å². The van der Waals surface area contributed by atoms with Gasteiger partial charge in [0.2, 0.25) is 0 Å². The molecule has 2 fully saturated rings. The summed E-state index contributed by atoms with van der Waals surface area (Å²) in [5, 5.41) is 2.88. The number of aryl methyl sites for hydroxylation is 1. The standard InChI is InChI=1S/C20H23N5O2/c1-14-16(12-22-19(26)17-3-2-8-21-11-17)6-7-18(23-14)25-10-9-24(20(25)27)13-15-4-5-15/h2-3,6-8,11,15H,4-5,9-10,12-13H2,1H3,(H,22,26). The van der Waals surface area contributed by atoms with Gasteiger partial charge in [0.25, 0.3) is 5.91 Å². The molecule has 0 bridgehead atoms. The van der Waals surface area contributed by atoms with E-state index in [2.05, 4.69) is 15.3 Å². The number of urea groups is 1. The average Bonchev–Trinajstić information content (AvgIpc) is 3.43. The van der Waals surface area contributed by atoms with E-state index in [1.165, 1.54) is 19.0 Å². The van der Waals surface area contributed by atoms with Crippen molar-refractivity contribution < 1.29 is 9.59 Å². The Morgan fingerprint density at radius 2 is 2.11 bits per heavy atom. The maximum atomic E-state index is 12.6. The second-order valence-electron chi connectivity index (χ2n) is 7.16. The number of rotatable bonds is 6. The number of aromatic nitrogens is 2. The molecule has 2 aromatic rings. The van der Waals surface area contributed by atoms with Crippen LogP contribution >= 0.6 is 0 Å². The normalized spacial score (nSPS) is 16.7. The van der Waals surface area contributed by atoms with Gasteiger partial charge < -0.3 is 10.2 Å². The molecule has 3 heterocycles. The molecule has 3 amide bonds. The zero-order chi connectivity index (χ0) is 18.8. The van der Waals surface area contributed by atoms with Crippen LogP contribution in [0.15, 0.2) is 36.7 Å². The van der Waals surface area contributed by atoms with Crippen LogP contribution in [0.2, 0.25) is 0 Å². The summed E-state index contributed by atoms with van der Waals surface area (Å²) < 4.78 is 0. The maximum Gasteiger partial charge on any atom is 0.325 e. The molecular weight excluding hydrogens is 342 g/mol. The van der Waals surface area contributed by atoms with Crippen LogP contribution in [0.1, 0.15) is 34.5 Å². The first-order chi connectivity index (χ1) is 13.1. The quantitative estimate of drug-likeness (QED) is 0.852. The molecule has 2 aromatic heterocycles. The highest BCUT2D eigenvalue weighted by Crippen LogP contribution is 2.31. The van der Waals surface area contributed by atoms with Crippen LogP contribution in [0.3, 0.4) is 0 Å². The van der Waals surface area contributed by atoms with Crippen LogP contribution in [0.4, 0.5) is 10.6 Å². The third kappa shape index (κ3) is 3.92. The molecule has 1 aliphatic carbocycles. The number of carbonyl (C=O) groups is 2. The molecule has 2 aliphatic rings. The highest BCUT2D eigenvalue weighted by molar-refractivity contribution is 5.94. The molecule has 27 heavy (non-hydrogen) atoms. The lowest BCUT2D eigenvalue weighted by Crippen LogP contribution is -2.33. The van der Waals surface area contributed by atoms with E-state index in [0.29, 0.717) is 30.4 Å². The van der Waals surface area contributed by atoms with Crippen molar-refractivity contribution in [3.05, 3.63) is 53.5 Å². The SMILES string of the molecule is Cc1nc(N2CCN(CC3CC3)C2=O)ccc1CNC(=O)c1cccnc1. The molecule has 0 aromatic carbocycles. The molecule has 1 aliphatic heterocycles. The van der Waals surface area contributed by atoms with Crippen molar-refractivity contribution in [2.75, 3.05) is 24.5 Å². The molecule has 1 saturated carbocycles. The van der Waals surface area contributed by atoms with Crippen LogP contribution in [-0.4, -0.2) is 46.4 Å². The lowest BCUT2D eigenvalue weighted by atomic mass is 10.2. The summed E-state index contributed by atoms with van der Waals surface area (Å²) in [5.41, 5.74) is 2.27. The predicted octanol–water partition coefficient (Wildman–Crippen LogP) is 2.37. The topological polar surface area (TPSA) is 78.4 Å². The molecular formula is C20H23N5O2. The van der Waals surface area contributed by atoms with Gasteiger partial charge in [-0.15, -0.1) is 0 Å². The van der Waals surface area contributed by atoms with E-state index in [0.717, 1.165) is 24.3 Å². The summed E-state index contributed by atoms with van der Waals surface area (Å²) in [6.07, 6.45) is 5.64. The molecule has 7 nitrogen and oxygen atoms in total. The predicted molar refractivity (Wildman–Crippen MR) is 101 cm³/mol. The van der Waals surface area contributed by atoms with Crippen molar-refractivity contribution in [2.24, 2.45) is 5.92 Å². The Hall–Kier alpha value is -2.96. The van der Waals surface area contributed by atoms with Crippen molar-refractivity contribution in [1.82, 2.24) is 20.2 Å². The van der Waals surface area contributed by atoms with E-state index in [9.17, 15) is 9.59 Å². The third-order valence-corrected chi connectivity index (χ3v) is 5.09. The number of anilines is 1. The summed E-state index contributed by atoms with van der Waals surface area (Å²) >= 11 is 0. The Balaban J connectivity index is 1.39. The monoisotopic (exact) mass is 365 g/mol. The van der Waals surface area contributed by atoms with Crippen LogP contribution in [0, 0.1) is 12.8 Å². The second-order valence-corrected chi connectivity index (χ2v) is 7.16. The Morgan fingerprint density at radius 3 is 2.81 bits per heavy atom. The van der Waals surface area contributed by atoms with Gasteiger partial charge >= 0.3 is 6.03 Å². The van der Waals surface area contributed by atoms with E-state index in [-0.39, 0.29) is 11.9 Å². The summed E-state index contributed by atoms with van der Waals surface area (Å²) in [7, 11) is 0. The molecule has 7 heteroatoms. The van der Waals surface area contributed by atoms with Gasteiger partial charge in [-0.2, -0.15) is 0 Å². The average molecular weight is 365 g/mol. The van der Waals surface area contributed by atoms with E-state index < -0.39 is 0 Å². The maximum absolute atomic E-state index is 12.6. The largest absolute Gasteiger partial charge is 0.348 e. The highest BCUT2D eigenvalue weighted by Gasteiger charge is 2.34. The fraction of sp³-hybridized carbons (Fsp3) is 0.400. The van der Waals surface area contributed by atoms with E-state index in [1.807, 2.05) is 24.0 Å². The van der Waals surface area contributed by atoms with Gasteiger partial charge in [-0.1, -0.05) is 6.07 Å². The minimum Gasteiger partial charge on any atom is -0.348 e. The fourth-order valence-corrected chi connectivity index (χ4v) is 3.27. The van der Waals surface area contributed by atoms with Gasteiger partial charge in [0.15, 0.2) is 0 Å². The van der Waals surface area contributed by atoms with E-state index in [4.69, 9.17) is 0 Å².